The number of hydrogen-bond acceptors (Lipinski definition) is 0. The fourth-order valence-corrected chi connectivity index (χ4v) is 8.92. The topological polar surface area (TPSA) is 13.2 Å². The van der Waals surface area contributed by atoms with Gasteiger partial charge in [0.1, 0.15) is 0 Å². The summed E-state index contributed by atoms with van der Waals surface area (Å²) in [5.41, 5.74) is 14.4. The second-order valence-electron chi connectivity index (χ2n) is 15.9. The van der Waals surface area contributed by atoms with Crippen molar-refractivity contribution in [2.75, 3.05) is 0 Å². The van der Waals surface area contributed by atoms with E-state index in [1.807, 2.05) is 0 Å². The minimum absolute atomic E-state index is 0.00165. The molecule has 0 unspecified atom stereocenters. The number of rotatable bonds is 0. The molecule has 0 bridgehead atoms. The van der Waals surface area contributed by atoms with Gasteiger partial charge in [-0.05, 0) is 64.4 Å². The molecule has 3 nitrogen and oxygen atoms in total. The van der Waals surface area contributed by atoms with Crippen LogP contribution in [0.25, 0.3) is 92.7 Å². The maximum Gasteiger partial charge on any atom is 0.0784 e. The van der Waals surface area contributed by atoms with Crippen molar-refractivity contribution in [1.29, 1.82) is 0 Å². The van der Waals surface area contributed by atoms with Crippen LogP contribution in [0.4, 0.5) is 0 Å². The lowest BCUT2D eigenvalue weighted by Gasteiger charge is -2.21. The first-order valence-electron chi connectivity index (χ1n) is 16.9. The van der Waals surface area contributed by atoms with Crippen molar-refractivity contribution in [1.82, 2.24) is 13.2 Å². The first kappa shape index (κ1) is 25.9. The van der Waals surface area contributed by atoms with E-state index >= 15 is 0 Å². The molecule has 47 heavy (non-hydrogen) atoms. The van der Waals surface area contributed by atoms with Gasteiger partial charge in [-0.1, -0.05) is 102 Å². The van der Waals surface area contributed by atoms with Gasteiger partial charge in [0.2, 0.25) is 0 Å². The van der Waals surface area contributed by atoms with Gasteiger partial charge >= 0.3 is 0 Å². The fraction of sp³-hybridized carbons (Fsp3) is 0.182. The van der Waals surface area contributed by atoms with Crippen molar-refractivity contribution in [3.63, 3.8) is 0 Å². The van der Waals surface area contributed by atoms with Gasteiger partial charge in [0.05, 0.1) is 49.7 Å². The summed E-state index contributed by atoms with van der Waals surface area (Å²) in [7, 11) is 0. The van der Waals surface area contributed by atoms with E-state index in [-0.39, 0.29) is 10.8 Å². The smallest absolute Gasteiger partial charge is 0.0784 e. The van der Waals surface area contributed by atoms with Crippen LogP contribution >= 0.6 is 0 Å². The Morgan fingerprint density at radius 1 is 0.340 bits per heavy atom. The Labute approximate surface area is 271 Å². The maximum absolute atomic E-state index is 2.59. The molecule has 0 spiro atoms. The van der Waals surface area contributed by atoms with Gasteiger partial charge in [0.15, 0.2) is 0 Å². The molecule has 0 fully saturated rings. The number of para-hydroxylation sites is 3. The van der Waals surface area contributed by atoms with E-state index in [1.54, 1.807) is 0 Å². The van der Waals surface area contributed by atoms with Crippen molar-refractivity contribution in [2.45, 2.75) is 52.4 Å². The molecule has 0 saturated carbocycles. The molecule has 226 valence electrons. The first-order valence-corrected chi connectivity index (χ1v) is 16.9. The third-order valence-corrected chi connectivity index (χ3v) is 11.2. The summed E-state index contributed by atoms with van der Waals surface area (Å²) >= 11 is 0. The molecule has 5 aromatic heterocycles. The van der Waals surface area contributed by atoms with Crippen molar-refractivity contribution < 1.29 is 0 Å². The molecule has 0 amide bonds. The van der Waals surface area contributed by atoms with Gasteiger partial charge in [-0.25, -0.2) is 0 Å². The fourth-order valence-electron chi connectivity index (χ4n) is 8.92. The number of aromatic nitrogens is 3. The first-order chi connectivity index (χ1) is 22.6. The normalized spacial score (nSPS) is 13.7. The largest absolute Gasteiger partial charge is 0.307 e. The lowest BCUT2D eigenvalue weighted by molar-refractivity contribution is 0.590. The minimum atomic E-state index is -0.00165. The maximum atomic E-state index is 2.59. The Bertz CT molecular complexity index is 3130. The molecule has 0 radical (unpaired) electrons. The van der Waals surface area contributed by atoms with Crippen LogP contribution in [0.1, 0.15) is 52.7 Å². The average molecular weight is 606 g/mol. The molecule has 5 heterocycles. The van der Waals surface area contributed by atoms with E-state index in [9.17, 15) is 0 Å². The summed E-state index contributed by atoms with van der Waals surface area (Å²) in [5, 5.41) is 10.6. The highest BCUT2D eigenvalue weighted by Crippen LogP contribution is 2.47. The molecular formula is C44H35N3. The van der Waals surface area contributed by atoms with Gasteiger partial charge in [-0.15, -0.1) is 0 Å². The second kappa shape index (κ2) is 7.98. The van der Waals surface area contributed by atoms with Crippen LogP contribution in [0.2, 0.25) is 0 Å². The molecule has 0 aliphatic heterocycles. The summed E-state index contributed by atoms with van der Waals surface area (Å²) in [4.78, 5) is 0. The average Bonchev–Trinajstić information content (AvgIpc) is 3.77. The number of benzene rings is 6. The highest BCUT2D eigenvalue weighted by molar-refractivity contribution is 6.32. The predicted molar refractivity (Wildman–Crippen MR) is 202 cm³/mol. The molecule has 3 heteroatoms. The number of nitrogens with zero attached hydrogens (tertiary/aromatic N) is 3. The summed E-state index contributed by atoms with van der Waals surface area (Å²) in [6, 6.07) is 39.5. The monoisotopic (exact) mass is 605 g/mol. The van der Waals surface area contributed by atoms with E-state index in [2.05, 4.69) is 158 Å². The highest BCUT2D eigenvalue weighted by atomic mass is 15.0. The summed E-state index contributed by atoms with van der Waals surface area (Å²) in [5.74, 6) is 0. The summed E-state index contributed by atoms with van der Waals surface area (Å²) in [6.45, 7) is 14.0. The van der Waals surface area contributed by atoms with E-state index in [4.69, 9.17) is 0 Å². The van der Waals surface area contributed by atoms with Gasteiger partial charge in [0, 0.05) is 43.1 Å². The van der Waals surface area contributed by atoms with Gasteiger partial charge < -0.3 is 13.2 Å². The molecule has 0 aliphatic rings. The molecule has 6 aromatic carbocycles. The molecular weight excluding hydrogens is 571 g/mol. The molecule has 0 N–H and O–H groups in total. The van der Waals surface area contributed by atoms with Crippen molar-refractivity contribution in [3.8, 4) is 0 Å². The zero-order chi connectivity index (χ0) is 31.7. The van der Waals surface area contributed by atoms with Gasteiger partial charge in [-0.2, -0.15) is 0 Å². The van der Waals surface area contributed by atoms with E-state index in [1.165, 1.54) is 104 Å². The van der Waals surface area contributed by atoms with Crippen LogP contribution in [0.15, 0.2) is 103 Å². The van der Waals surface area contributed by atoms with Crippen LogP contribution in [-0.4, -0.2) is 13.2 Å². The number of fused-ring (bicyclic) bond motifs is 15. The van der Waals surface area contributed by atoms with Crippen molar-refractivity contribution >= 4 is 92.7 Å². The molecule has 0 atom stereocenters. The summed E-state index contributed by atoms with van der Waals surface area (Å²) < 4.78 is 7.70. The van der Waals surface area contributed by atoms with Crippen LogP contribution in [0.3, 0.4) is 0 Å². The van der Waals surface area contributed by atoms with Crippen LogP contribution in [-0.2, 0) is 10.8 Å². The second-order valence-corrected chi connectivity index (χ2v) is 15.9. The van der Waals surface area contributed by atoms with E-state index in [0.29, 0.717) is 0 Å². The molecule has 0 saturated heterocycles. The summed E-state index contributed by atoms with van der Waals surface area (Å²) in [6.07, 6.45) is 0. The van der Waals surface area contributed by atoms with Gasteiger partial charge in [-0.3, -0.25) is 0 Å². The Hall–Kier alpha value is -5.28. The third kappa shape index (κ3) is 2.96. The van der Waals surface area contributed by atoms with Gasteiger partial charge in [0.25, 0.3) is 0 Å². The molecule has 11 rings (SSSR count). The lowest BCUT2D eigenvalue weighted by atomic mass is 9.85. The van der Waals surface area contributed by atoms with Crippen LogP contribution in [0.5, 0.6) is 0 Å². The molecule has 0 aliphatic carbocycles. The third-order valence-electron chi connectivity index (χ3n) is 11.2. The van der Waals surface area contributed by atoms with E-state index < -0.39 is 0 Å². The van der Waals surface area contributed by atoms with Crippen molar-refractivity contribution in [2.24, 2.45) is 0 Å². The zero-order valence-corrected chi connectivity index (χ0v) is 27.7. The Morgan fingerprint density at radius 2 is 0.915 bits per heavy atom. The predicted octanol–water partition coefficient (Wildman–Crippen LogP) is 12.0. The Kier molecular flexibility index (Phi) is 4.39. The van der Waals surface area contributed by atoms with E-state index in [0.717, 1.165) is 0 Å². The van der Waals surface area contributed by atoms with Crippen LogP contribution in [0, 0.1) is 0 Å². The van der Waals surface area contributed by atoms with Crippen molar-refractivity contribution in [3.05, 3.63) is 114 Å². The SMILES string of the molecule is CC(C)(C)c1ccc2c(c1)c1cc(C(C)(C)C)cc3c1n2c1cccc2c4c(ccc5c6cccc7c8ccccc8n(c76)c54)n3c21. The number of hydrogen-bond donors (Lipinski definition) is 0. The Balaban J connectivity index is 1.45. The minimum Gasteiger partial charge on any atom is -0.307 e. The zero-order valence-electron chi connectivity index (χ0n) is 27.7. The lowest BCUT2D eigenvalue weighted by Crippen LogP contribution is -2.11. The molecule has 11 aromatic rings. The standard InChI is InChI=1S/C44H35N3/c1-43(2,3)24-17-19-34-31(21-24)32-22-25(44(4,5)6)23-37-41(32)45(34)36-16-10-14-30-38-35(46(37)40(30)36)20-18-29-28-13-9-12-27-26-11-7-8-15-33(26)47(39(27)28)42(29)38/h7-23H,1-6H3. The highest BCUT2D eigenvalue weighted by Gasteiger charge is 2.27. The Morgan fingerprint density at radius 3 is 1.72 bits per heavy atom. The quantitative estimate of drug-likeness (QED) is 0.153. The van der Waals surface area contributed by atoms with Crippen LogP contribution < -0.4 is 0 Å².